The summed E-state index contributed by atoms with van der Waals surface area (Å²) in [5.74, 6) is -1.06. The van der Waals surface area contributed by atoms with E-state index in [1.807, 2.05) is 24.3 Å². The van der Waals surface area contributed by atoms with E-state index in [9.17, 15) is 9.59 Å². The smallest absolute Gasteiger partial charge is 0.354 e. The maximum Gasteiger partial charge on any atom is 0.354 e. The molecule has 1 aliphatic heterocycles. The van der Waals surface area contributed by atoms with Gasteiger partial charge in [0.05, 0.1) is 6.04 Å². The molecule has 6 heteroatoms. The molecule has 3 rings (SSSR count). The first-order valence-electron chi connectivity index (χ1n) is 7.47. The minimum absolute atomic E-state index is 0.0114. The Morgan fingerprint density at radius 1 is 1.13 bits per heavy atom. The highest BCUT2D eigenvalue weighted by atomic mass is 16.4. The standard InChI is InChI=1S/C17H17N3O3/c21-16(14-2-1-9-18-14)20-13-6-3-11(4-7-13)12-5-8-15(17(22)23)19-10-12/h3-8,10,14,18H,1-2,9H2,(H,20,21)(H,22,23)/t14-/m1/s1. The summed E-state index contributed by atoms with van der Waals surface area (Å²) in [4.78, 5) is 26.7. The topological polar surface area (TPSA) is 91.3 Å². The molecule has 1 aliphatic rings. The van der Waals surface area contributed by atoms with Gasteiger partial charge in [0.25, 0.3) is 0 Å². The number of pyridine rings is 1. The van der Waals surface area contributed by atoms with Crippen LogP contribution in [0.25, 0.3) is 11.1 Å². The van der Waals surface area contributed by atoms with E-state index in [1.54, 1.807) is 6.07 Å². The molecule has 3 N–H and O–H groups in total. The lowest BCUT2D eigenvalue weighted by Gasteiger charge is -2.11. The Hall–Kier alpha value is -2.73. The van der Waals surface area contributed by atoms with E-state index in [1.165, 1.54) is 12.3 Å². The van der Waals surface area contributed by atoms with E-state index in [0.29, 0.717) is 0 Å². The number of nitrogens with zero attached hydrogens (tertiary/aromatic N) is 1. The number of aromatic nitrogens is 1. The zero-order chi connectivity index (χ0) is 16.2. The number of anilines is 1. The summed E-state index contributed by atoms with van der Waals surface area (Å²) in [6, 6.07) is 10.5. The van der Waals surface area contributed by atoms with Crippen molar-refractivity contribution in [3.63, 3.8) is 0 Å². The number of rotatable bonds is 4. The molecule has 23 heavy (non-hydrogen) atoms. The number of nitrogens with one attached hydrogen (secondary N) is 2. The average molecular weight is 311 g/mol. The molecule has 0 spiro atoms. The number of amides is 1. The lowest BCUT2D eigenvalue weighted by Crippen LogP contribution is -2.35. The second-order valence-corrected chi connectivity index (χ2v) is 5.45. The lowest BCUT2D eigenvalue weighted by molar-refractivity contribution is -0.117. The lowest BCUT2D eigenvalue weighted by atomic mass is 10.1. The van der Waals surface area contributed by atoms with Gasteiger partial charge in [-0.3, -0.25) is 4.79 Å². The normalized spacial score (nSPS) is 17.0. The van der Waals surface area contributed by atoms with Crippen LogP contribution in [-0.4, -0.2) is 34.6 Å². The molecule has 118 valence electrons. The predicted octanol–water partition coefficient (Wildman–Crippen LogP) is 2.14. The van der Waals surface area contributed by atoms with Crippen molar-refractivity contribution >= 4 is 17.6 Å². The van der Waals surface area contributed by atoms with Crippen molar-refractivity contribution < 1.29 is 14.7 Å². The van der Waals surface area contributed by atoms with Crippen LogP contribution in [0.15, 0.2) is 42.6 Å². The molecule has 1 amide bonds. The highest BCUT2D eigenvalue weighted by Gasteiger charge is 2.21. The first kappa shape index (κ1) is 15.2. The monoisotopic (exact) mass is 311 g/mol. The third-order valence-corrected chi connectivity index (χ3v) is 3.85. The Labute approximate surface area is 133 Å². The molecule has 2 aromatic rings. The van der Waals surface area contributed by atoms with E-state index >= 15 is 0 Å². The average Bonchev–Trinajstić information content (AvgIpc) is 3.10. The Morgan fingerprint density at radius 3 is 2.43 bits per heavy atom. The minimum Gasteiger partial charge on any atom is -0.477 e. The van der Waals surface area contributed by atoms with Gasteiger partial charge in [-0.25, -0.2) is 9.78 Å². The Balaban J connectivity index is 1.68. The maximum atomic E-state index is 12.0. The Bertz CT molecular complexity index is 705. The van der Waals surface area contributed by atoms with Crippen LogP contribution in [0, 0.1) is 0 Å². The van der Waals surface area contributed by atoms with Crippen LogP contribution in [0.4, 0.5) is 5.69 Å². The second kappa shape index (κ2) is 6.58. The number of carbonyl (C=O) groups excluding carboxylic acids is 1. The highest BCUT2D eigenvalue weighted by molar-refractivity contribution is 5.95. The molecule has 2 heterocycles. The fourth-order valence-corrected chi connectivity index (χ4v) is 2.57. The molecular weight excluding hydrogens is 294 g/mol. The van der Waals surface area contributed by atoms with Gasteiger partial charge in [-0.1, -0.05) is 18.2 Å². The van der Waals surface area contributed by atoms with Crippen molar-refractivity contribution in [3.05, 3.63) is 48.3 Å². The summed E-state index contributed by atoms with van der Waals surface area (Å²) in [5, 5.41) is 14.9. The third-order valence-electron chi connectivity index (χ3n) is 3.85. The second-order valence-electron chi connectivity index (χ2n) is 5.45. The number of carboxylic acids is 1. The minimum atomic E-state index is -1.05. The van der Waals surface area contributed by atoms with Crippen LogP contribution in [0.5, 0.6) is 0 Å². The van der Waals surface area contributed by atoms with Gasteiger partial charge in [-0.15, -0.1) is 0 Å². The van der Waals surface area contributed by atoms with Crippen molar-refractivity contribution in [1.82, 2.24) is 10.3 Å². The van der Waals surface area contributed by atoms with Crippen molar-refractivity contribution in [2.24, 2.45) is 0 Å². The number of hydrogen-bond donors (Lipinski definition) is 3. The van der Waals surface area contributed by atoms with Crippen molar-refractivity contribution in [2.75, 3.05) is 11.9 Å². The third kappa shape index (κ3) is 3.54. The van der Waals surface area contributed by atoms with Crippen LogP contribution in [-0.2, 0) is 4.79 Å². The van der Waals surface area contributed by atoms with Gasteiger partial charge in [0.1, 0.15) is 5.69 Å². The van der Waals surface area contributed by atoms with Gasteiger partial charge in [0.15, 0.2) is 0 Å². The van der Waals surface area contributed by atoms with Crippen LogP contribution in [0.3, 0.4) is 0 Å². The van der Waals surface area contributed by atoms with Crippen LogP contribution >= 0.6 is 0 Å². The fraction of sp³-hybridized carbons (Fsp3) is 0.235. The quantitative estimate of drug-likeness (QED) is 0.804. The maximum absolute atomic E-state index is 12.0. The largest absolute Gasteiger partial charge is 0.477 e. The first-order chi connectivity index (χ1) is 11.1. The summed E-state index contributed by atoms with van der Waals surface area (Å²) >= 11 is 0. The molecule has 0 radical (unpaired) electrons. The molecule has 1 aromatic heterocycles. The zero-order valence-electron chi connectivity index (χ0n) is 12.5. The van der Waals surface area contributed by atoms with E-state index in [2.05, 4.69) is 15.6 Å². The molecule has 1 fully saturated rings. The van der Waals surface area contributed by atoms with Crippen molar-refractivity contribution in [3.8, 4) is 11.1 Å². The molecule has 0 bridgehead atoms. The number of hydrogen-bond acceptors (Lipinski definition) is 4. The highest BCUT2D eigenvalue weighted by Crippen LogP contribution is 2.21. The van der Waals surface area contributed by atoms with E-state index in [-0.39, 0.29) is 17.6 Å². The predicted molar refractivity (Wildman–Crippen MR) is 86.3 cm³/mol. The van der Waals surface area contributed by atoms with E-state index in [0.717, 1.165) is 36.2 Å². The van der Waals surface area contributed by atoms with E-state index in [4.69, 9.17) is 5.11 Å². The van der Waals surface area contributed by atoms with Gasteiger partial charge >= 0.3 is 5.97 Å². The van der Waals surface area contributed by atoms with Gasteiger partial charge in [0.2, 0.25) is 5.91 Å². The fourth-order valence-electron chi connectivity index (χ4n) is 2.57. The summed E-state index contributed by atoms with van der Waals surface area (Å²) < 4.78 is 0. The van der Waals surface area contributed by atoms with E-state index < -0.39 is 5.97 Å². The van der Waals surface area contributed by atoms with Crippen LogP contribution < -0.4 is 10.6 Å². The number of benzene rings is 1. The molecule has 1 atom stereocenters. The van der Waals surface area contributed by atoms with Gasteiger partial charge in [-0.2, -0.15) is 0 Å². The van der Waals surface area contributed by atoms with Crippen molar-refractivity contribution in [1.29, 1.82) is 0 Å². The molecule has 0 aliphatic carbocycles. The molecule has 1 aromatic carbocycles. The van der Waals surface area contributed by atoms with Gasteiger partial charge < -0.3 is 15.7 Å². The summed E-state index contributed by atoms with van der Waals surface area (Å²) in [5.41, 5.74) is 2.49. The summed E-state index contributed by atoms with van der Waals surface area (Å²) in [6.45, 7) is 0.885. The SMILES string of the molecule is O=C(O)c1ccc(-c2ccc(NC(=O)[C@H]3CCCN3)cc2)cn1. The van der Waals surface area contributed by atoms with Crippen LogP contribution in [0.2, 0.25) is 0 Å². The Kier molecular flexibility index (Phi) is 4.34. The zero-order valence-corrected chi connectivity index (χ0v) is 12.5. The molecule has 6 nitrogen and oxygen atoms in total. The Morgan fingerprint density at radius 2 is 1.87 bits per heavy atom. The van der Waals surface area contributed by atoms with Crippen LogP contribution in [0.1, 0.15) is 23.3 Å². The summed E-state index contributed by atoms with van der Waals surface area (Å²) in [6.07, 6.45) is 3.42. The molecule has 0 saturated carbocycles. The number of carboxylic acid groups (broad SMARTS) is 1. The van der Waals surface area contributed by atoms with Gasteiger partial charge in [0, 0.05) is 17.4 Å². The van der Waals surface area contributed by atoms with Crippen molar-refractivity contribution in [2.45, 2.75) is 18.9 Å². The number of aromatic carboxylic acids is 1. The molecule has 1 saturated heterocycles. The molecular formula is C17H17N3O3. The first-order valence-corrected chi connectivity index (χ1v) is 7.47. The number of carbonyl (C=O) groups is 2. The molecule has 0 unspecified atom stereocenters. The summed E-state index contributed by atoms with van der Waals surface area (Å²) in [7, 11) is 0. The van der Waals surface area contributed by atoms with Gasteiger partial charge in [-0.05, 0) is 43.1 Å².